The van der Waals surface area contributed by atoms with Gasteiger partial charge in [-0.3, -0.25) is 0 Å². The molecule has 114 valence electrons. The van der Waals surface area contributed by atoms with Crippen molar-refractivity contribution in [3.63, 3.8) is 0 Å². The van der Waals surface area contributed by atoms with Gasteiger partial charge in [0.2, 0.25) is 0 Å². The Morgan fingerprint density at radius 1 is 1.24 bits per heavy atom. The maximum Gasteiger partial charge on any atom is 0.416 e. The Balaban J connectivity index is 2.33. The van der Waals surface area contributed by atoms with Gasteiger partial charge in [-0.05, 0) is 37.0 Å². The van der Waals surface area contributed by atoms with Crippen LogP contribution in [0.1, 0.15) is 43.7 Å². The van der Waals surface area contributed by atoms with Crippen LogP contribution in [0.15, 0.2) is 18.2 Å². The van der Waals surface area contributed by atoms with Gasteiger partial charge in [-0.15, -0.1) is 0 Å². The number of anilines is 1. The summed E-state index contributed by atoms with van der Waals surface area (Å²) >= 11 is 0. The highest BCUT2D eigenvalue weighted by atomic mass is 19.4. The third-order valence-electron chi connectivity index (χ3n) is 4.39. The van der Waals surface area contributed by atoms with Crippen LogP contribution >= 0.6 is 0 Å². The van der Waals surface area contributed by atoms with Crippen molar-refractivity contribution < 1.29 is 13.2 Å². The summed E-state index contributed by atoms with van der Waals surface area (Å²) in [5, 5.41) is 9.18. The molecule has 1 aromatic rings. The molecule has 2 atom stereocenters. The topological polar surface area (TPSA) is 27.0 Å². The Kier molecular flexibility index (Phi) is 4.46. The third kappa shape index (κ3) is 3.31. The number of nitriles is 1. The Labute approximate surface area is 123 Å². The van der Waals surface area contributed by atoms with Crippen molar-refractivity contribution in [3.05, 3.63) is 29.3 Å². The van der Waals surface area contributed by atoms with E-state index in [1.807, 2.05) is 18.0 Å². The summed E-state index contributed by atoms with van der Waals surface area (Å²) < 4.78 is 38.2. The lowest BCUT2D eigenvalue weighted by molar-refractivity contribution is -0.137. The molecule has 1 saturated carbocycles. The van der Waals surface area contributed by atoms with Crippen LogP contribution < -0.4 is 4.90 Å². The van der Waals surface area contributed by atoms with E-state index in [1.54, 1.807) is 0 Å². The second-order valence-electron chi connectivity index (χ2n) is 5.78. The zero-order chi connectivity index (χ0) is 15.6. The van der Waals surface area contributed by atoms with E-state index in [9.17, 15) is 18.4 Å². The average molecular weight is 296 g/mol. The fourth-order valence-corrected chi connectivity index (χ4v) is 3.16. The molecule has 0 bridgehead atoms. The highest BCUT2D eigenvalue weighted by Gasteiger charge is 2.32. The first-order chi connectivity index (χ1) is 9.84. The molecule has 0 radical (unpaired) electrons. The van der Waals surface area contributed by atoms with E-state index >= 15 is 0 Å². The molecule has 0 heterocycles. The molecule has 1 aromatic carbocycles. The van der Waals surface area contributed by atoms with E-state index < -0.39 is 11.7 Å². The van der Waals surface area contributed by atoms with Gasteiger partial charge in [0.05, 0.1) is 16.8 Å². The number of hydrogen-bond donors (Lipinski definition) is 0. The van der Waals surface area contributed by atoms with Gasteiger partial charge in [0, 0.05) is 13.1 Å². The number of halogens is 3. The summed E-state index contributed by atoms with van der Waals surface area (Å²) in [5.41, 5.74) is -0.0951. The van der Waals surface area contributed by atoms with Gasteiger partial charge in [0.15, 0.2) is 0 Å². The van der Waals surface area contributed by atoms with Crippen molar-refractivity contribution in [1.82, 2.24) is 0 Å². The fraction of sp³-hybridized carbons (Fsp3) is 0.562. The Morgan fingerprint density at radius 2 is 1.90 bits per heavy atom. The van der Waals surface area contributed by atoms with Crippen molar-refractivity contribution in [3.8, 4) is 6.07 Å². The van der Waals surface area contributed by atoms with Gasteiger partial charge in [-0.1, -0.05) is 19.8 Å². The number of hydrogen-bond acceptors (Lipinski definition) is 2. The monoisotopic (exact) mass is 296 g/mol. The van der Waals surface area contributed by atoms with E-state index in [-0.39, 0.29) is 11.6 Å². The molecule has 0 N–H and O–H groups in total. The molecular formula is C16H19F3N2. The molecule has 1 aliphatic carbocycles. The van der Waals surface area contributed by atoms with Crippen LogP contribution in [-0.4, -0.2) is 13.1 Å². The van der Waals surface area contributed by atoms with Crippen molar-refractivity contribution in [2.24, 2.45) is 5.92 Å². The molecule has 0 spiro atoms. The predicted molar refractivity (Wildman–Crippen MR) is 76.0 cm³/mol. The van der Waals surface area contributed by atoms with Crippen molar-refractivity contribution in [1.29, 1.82) is 5.26 Å². The van der Waals surface area contributed by atoms with Gasteiger partial charge >= 0.3 is 6.18 Å². The van der Waals surface area contributed by atoms with E-state index in [1.165, 1.54) is 12.5 Å². The summed E-state index contributed by atoms with van der Waals surface area (Å²) in [6, 6.07) is 5.60. The number of rotatable bonds is 2. The summed E-state index contributed by atoms with van der Waals surface area (Å²) in [6.07, 6.45) is 0.0490. The van der Waals surface area contributed by atoms with E-state index in [0.717, 1.165) is 31.4 Å². The standard InChI is InChI=1S/C16H19F3N2/c1-11-5-3-4-6-14(11)21(2)15-8-7-13(16(17,18)19)9-12(15)10-20/h7-9,11,14H,3-6H2,1-2H3. The molecule has 0 amide bonds. The highest BCUT2D eigenvalue weighted by Crippen LogP contribution is 2.35. The van der Waals surface area contributed by atoms with E-state index in [2.05, 4.69) is 6.92 Å². The molecule has 0 aromatic heterocycles. The third-order valence-corrected chi connectivity index (χ3v) is 4.39. The van der Waals surface area contributed by atoms with Crippen LogP contribution in [0.25, 0.3) is 0 Å². The lowest BCUT2D eigenvalue weighted by Crippen LogP contribution is -2.39. The second kappa shape index (κ2) is 5.97. The van der Waals surface area contributed by atoms with Crippen molar-refractivity contribution in [2.45, 2.75) is 44.8 Å². The molecule has 5 heteroatoms. The predicted octanol–water partition coefficient (Wildman–Crippen LogP) is 4.59. The quantitative estimate of drug-likeness (QED) is 0.798. The van der Waals surface area contributed by atoms with Crippen LogP contribution in [0.2, 0.25) is 0 Å². The lowest BCUT2D eigenvalue weighted by Gasteiger charge is -2.38. The zero-order valence-corrected chi connectivity index (χ0v) is 12.2. The smallest absolute Gasteiger partial charge is 0.370 e. The lowest BCUT2D eigenvalue weighted by atomic mass is 9.84. The highest BCUT2D eigenvalue weighted by molar-refractivity contribution is 5.61. The maximum absolute atomic E-state index is 12.7. The first-order valence-corrected chi connectivity index (χ1v) is 7.18. The molecule has 2 rings (SSSR count). The summed E-state index contributed by atoms with van der Waals surface area (Å²) in [5.74, 6) is 0.484. The van der Waals surface area contributed by atoms with E-state index in [0.29, 0.717) is 11.6 Å². The summed E-state index contributed by atoms with van der Waals surface area (Å²) in [4.78, 5) is 1.97. The SMILES string of the molecule is CC1CCCCC1N(C)c1ccc(C(F)(F)F)cc1C#N. The minimum Gasteiger partial charge on any atom is -0.370 e. The first-order valence-electron chi connectivity index (χ1n) is 7.18. The minimum atomic E-state index is -4.42. The second-order valence-corrected chi connectivity index (χ2v) is 5.78. The molecule has 1 fully saturated rings. The Bertz CT molecular complexity index is 545. The van der Waals surface area contributed by atoms with Gasteiger partial charge in [-0.25, -0.2) is 0 Å². The normalized spacial score (nSPS) is 22.7. The molecule has 21 heavy (non-hydrogen) atoms. The number of nitrogens with zero attached hydrogens (tertiary/aromatic N) is 2. The van der Waals surface area contributed by atoms with Gasteiger partial charge < -0.3 is 4.90 Å². The van der Waals surface area contributed by atoms with Crippen molar-refractivity contribution >= 4 is 5.69 Å². The van der Waals surface area contributed by atoms with Gasteiger partial charge in [-0.2, -0.15) is 18.4 Å². The van der Waals surface area contributed by atoms with Gasteiger partial charge in [0.1, 0.15) is 6.07 Å². The molecule has 0 aliphatic heterocycles. The van der Waals surface area contributed by atoms with Crippen LogP contribution in [-0.2, 0) is 6.18 Å². The van der Waals surface area contributed by atoms with Crippen LogP contribution in [0, 0.1) is 17.2 Å². The maximum atomic E-state index is 12.7. The molecular weight excluding hydrogens is 277 g/mol. The molecule has 1 aliphatic rings. The van der Waals surface area contributed by atoms with Crippen LogP contribution in [0.4, 0.5) is 18.9 Å². The van der Waals surface area contributed by atoms with Gasteiger partial charge in [0.25, 0.3) is 0 Å². The largest absolute Gasteiger partial charge is 0.416 e. The van der Waals surface area contributed by atoms with Crippen LogP contribution in [0.3, 0.4) is 0 Å². The summed E-state index contributed by atoms with van der Waals surface area (Å²) in [6.45, 7) is 2.16. The minimum absolute atomic E-state index is 0.0881. The number of benzene rings is 1. The Morgan fingerprint density at radius 3 is 2.48 bits per heavy atom. The fourth-order valence-electron chi connectivity index (χ4n) is 3.16. The first kappa shape index (κ1) is 15.7. The van der Waals surface area contributed by atoms with Crippen LogP contribution in [0.5, 0.6) is 0 Å². The summed E-state index contributed by atoms with van der Waals surface area (Å²) in [7, 11) is 1.87. The van der Waals surface area contributed by atoms with Crippen molar-refractivity contribution in [2.75, 3.05) is 11.9 Å². The zero-order valence-electron chi connectivity index (χ0n) is 12.2. The van der Waals surface area contributed by atoms with E-state index in [4.69, 9.17) is 0 Å². The molecule has 2 unspecified atom stereocenters. The molecule has 0 saturated heterocycles. The molecule has 2 nitrogen and oxygen atoms in total. The Hall–Kier alpha value is -1.70. The average Bonchev–Trinajstić information content (AvgIpc) is 2.45. The number of alkyl halides is 3.